The van der Waals surface area contributed by atoms with Crippen LogP contribution in [0.25, 0.3) is 6.08 Å². The fourth-order valence-corrected chi connectivity index (χ4v) is 3.96. The maximum atomic E-state index is 12.5. The van der Waals surface area contributed by atoms with Crippen LogP contribution in [0, 0.1) is 0 Å². The molecule has 0 aromatic heterocycles. The molecule has 0 amide bonds. The van der Waals surface area contributed by atoms with E-state index in [1.54, 1.807) is 41.5 Å². The molecule has 1 aliphatic heterocycles. The van der Waals surface area contributed by atoms with Gasteiger partial charge in [0.05, 0.1) is 0 Å². The average molecular weight is 470 g/mol. The molecule has 2 aromatic rings. The molecule has 9 heteroatoms. The Morgan fingerprint density at radius 3 is 2.58 bits per heavy atom. The summed E-state index contributed by atoms with van der Waals surface area (Å²) in [5, 5.41) is 1.56. The van der Waals surface area contributed by atoms with Gasteiger partial charge in [-0.2, -0.15) is 10.1 Å². The number of rotatable bonds is 8. The van der Waals surface area contributed by atoms with E-state index in [1.165, 1.54) is 0 Å². The SMILES string of the molecule is Cl.NC1=NC2(CCCC2)N(OCCOc2cccc(C(=O)/C=C/c3ccccc3)c2)C(N)=N1. The Morgan fingerprint density at radius 2 is 1.82 bits per heavy atom. The summed E-state index contributed by atoms with van der Waals surface area (Å²) in [4.78, 5) is 26.9. The predicted octanol–water partition coefficient (Wildman–Crippen LogP) is 3.53. The van der Waals surface area contributed by atoms with Gasteiger partial charge in [0.25, 0.3) is 0 Å². The summed E-state index contributed by atoms with van der Waals surface area (Å²) in [5.41, 5.74) is 12.8. The van der Waals surface area contributed by atoms with Crippen molar-refractivity contribution in [2.75, 3.05) is 13.2 Å². The zero-order valence-electron chi connectivity index (χ0n) is 18.2. The molecule has 0 bridgehead atoms. The van der Waals surface area contributed by atoms with E-state index in [9.17, 15) is 4.79 Å². The Hall–Kier alpha value is -3.36. The summed E-state index contributed by atoms with van der Waals surface area (Å²) in [6, 6.07) is 16.8. The van der Waals surface area contributed by atoms with E-state index in [-0.39, 0.29) is 43.3 Å². The lowest BCUT2D eigenvalue weighted by molar-refractivity contribution is -0.170. The highest BCUT2D eigenvalue weighted by Gasteiger charge is 2.44. The van der Waals surface area contributed by atoms with Crippen LogP contribution in [0.2, 0.25) is 0 Å². The molecule has 174 valence electrons. The van der Waals surface area contributed by atoms with Crippen LogP contribution in [0.15, 0.2) is 70.7 Å². The molecule has 1 aliphatic carbocycles. The normalized spacial score (nSPS) is 16.9. The Balaban J connectivity index is 0.00000306. The van der Waals surface area contributed by atoms with Gasteiger partial charge in [-0.05, 0) is 49.5 Å². The van der Waals surface area contributed by atoms with E-state index >= 15 is 0 Å². The second kappa shape index (κ2) is 11.0. The molecule has 1 spiro atoms. The third-order valence-electron chi connectivity index (χ3n) is 5.46. The Morgan fingerprint density at radius 1 is 1.06 bits per heavy atom. The van der Waals surface area contributed by atoms with Gasteiger partial charge in [-0.3, -0.25) is 9.63 Å². The van der Waals surface area contributed by atoms with E-state index in [0.29, 0.717) is 11.3 Å². The number of nitrogens with zero attached hydrogens (tertiary/aromatic N) is 3. The lowest BCUT2D eigenvalue weighted by atomic mass is 10.1. The summed E-state index contributed by atoms with van der Waals surface area (Å²) in [5.74, 6) is 0.887. The van der Waals surface area contributed by atoms with Crippen molar-refractivity contribution < 1.29 is 14.4 Å². The van der Waals surface area contributed by atoms with E-state index < -0.39 is 5.66 Å². The molecule has 0 atom stereocenters. The van der Waals surface area contributed by atoms with Gasteiger partial charge in [0.2, 0.25) is 11.9 Å². The minimum Gasteiger partial charge on any atom is -0.491 e. The number of carbonyl (C=O) groups is 1. The Kier molecular flexibility index (Phi) is 8.08. The van der Waals surface area contributed by atoms with Crippen molar-refractivity contribution in [2.24, 2.45) is 21.5 Å². The van der Waals surface area contributed by atoms with Gasteiger partial charge in [-0.25, -0.2) is 4.99 Å². The van der Waals surface area contributed by atoms with Crippen molar-refractivity contribution in [1.82, 2.24) is 5.06 Å². The van der Waals surface area contributed by atoms with Crippen LogP contribution in [-0.4, -0.2) is 41.6 Å². The molecule has 2 aliphatic rings. The number of allylic oxidation sites excluding steroid dienone is 1. The molecular weight excluding hydrogens is 442 g/mol. The van der Waals surface area contributed by atoms with Crippen molar-refractivity contribution in [3.8, 4) is 5.75 Å². The summed E-state index contributed by atoms with van der Waals surface area (Å²) in [7, 11) is 0. The van der Waals surface area contributed by atoms with Crippen molar-refractivity contribution in [2.45, 2.75) is 31.3 Å². The summed E-state index contributed by atoms with van der Waals surface area (Å²) >= 11 is 0. The number of nitrogens with two attached hydrogens (primary N) is 2. The second-order valence-electron chi connectivity index (χ2n) is 7.74. The van der Waals surface area contributed by atoms with Crippen molar-refractivity contribution in [3.63, 3.8) is 0 Å². The molecular formula is C24H28ClN5O3. The summed E-state index contributed by atoms with van der Waals surface area (Å²) < 4.78 is 5.79. The zero-order chi connectivity index (χ0) is 22.4. The fourth-order valence-electron chi connectivity index (χ4n) is 3.96. The van der Waals surface area contributed by atoms with Crippen molar-refractivity contribution in [1.29, 1.82) is 0 Å². The van der Waals surface area contributed by atoms with Crippen molar-refractivity contribution in [3.05, 3.63) is 71.8 Å². The van der Waals surface area contributed by atoms with Gasteiger partial charge in [-0.15, -0.1) is 12.4 Å². The lowest BCUT2D eigenvalue weighted by Crippen LogP contribution is -2.55. The number of aliphatic imine (C=N–C) groups is 2. The van der Waals surface area contributed by atoms with E-state index in [2.05, 4.69) is 9.98 Å². The highest BCUT2D eigenvalue weighted by Crippen LogP contribution is 2.38. The number of halogens is 1. The lowest BCUT2D eigenvalue weighted by Gasteiger charge is -2.39. The number of hydroxylamine groups is 2. The quantitative estimate of drug-likeness (QED) is 0.347. The number of hydrogen-bond acceptors (Lipinski definition) is 8. The number of benzene rings is 2. The molecule has 0 saturated heterocycles. The minimum atomic E-state index is -0.576. The number of ketones is 1. The van der Waals surface area contributed by atoms with Crippen LogP contribution in [0.5, 0.6) is 5.75 Å². The van der Waals surface area contributed by atoms with E-state index in [1.807, 2.05) is 30.3 Å². The van der Waals surface area contributed by atoms with Crippen molar-refractivity contribution >= 4 is 36.2 Å². The second-order valence-corrected chi connectivity index (χ2v) is 7.74. The largest absolute Gasteiger partial charge is 0.491 e. The Bertz CT molecular complexity index is 1050. The standard InChI is InChI=1S/C24H27N5O3.ClH/c25-22-27-23(26)29(24(28-22)13-4-5-14-24)32-16-15-31-20-10-6-9-19(17-20)21(30)12-11-18-7-2-1-3-8-18;/h1-3,6-12,17H,4-5,13-16H2,(H4,25,26,27,28);1H/b12-11+;. The van der Waals surface area contributed by atoms with Crippen LogP contribution >= 0.6 is 12.4 Å². The van der Waals surface area contributed by atoms with Gasteiger partial charge in [0, 0.05) is 5.56 Å². The molecule has 4 N–H and O–H groups in total. The summed E-state index contributed by atoms with van der Waals surface area (Å²) in [6.07, 6.45) is 7.03. The predicted molar refractivity (Wildman–Crippen MR) is 131 cm³/mol. The number of carbonyl (C=O) groups excluding carboxylic acids is 1. The maximum Gasteiger partial charge on any atom is 0.226 e. The monoisotopic (exact) mass is 469 g/mol. The number of ether oxygens (including phenoxy) is 1. The summed E-state index contributed by atoms with van der Waals surface area (Å²) in [6.45, 7) is 0.524. The third kappa shape index (κ3) is 5.91. The molecule has 0 radical (unpaired) electrons. The van der Waals surface area contributed by atoms with Gasteiger partial charge in [0.1, 0.15) is 19.0 Å². The number of guanidine groups is 2. The fraction of sp³-hybridized carbons (Fsp3) is 0.292. The molecule has 1 saturated carbocycles. The molecule has 33 heavy (non-hydrogen) atoms. The third-order valence-corrected chi connectivity index (χ3v) is 5.46. The molecule has 0 unspecified atom stereocenters. The van der Waals surface area contributed by atoms with Crippen LogP contribution in [0.3, 0.4) is 0 Å². The highest BCUT2D eigenvalue weighted by molar-refractivity contribution is 6.07. The highest BCUT2D eigenvalue weighted by atomic mass is 35.5. The van der Waals surface area contributed by atoms with Crippen LogP contribution in [0.4, 0.5) is 0 Å². The van der Waals surface area contributed by atoms with Gasteiger partial charge < -0.3 is 16.2 Å². The zero-order valence-corrected chi connectivity index (χ0v) is 19.0. The molecule has 2 aromatic carbocycles. The average Bonchev–Trinajstić information content (AvgIpc) is 3.25. The van der Waals surface area contributed by atoms with E-state index in [0.717, 1.165) is 31.2 Å². The molecule has 8 nitrogen and oxygen atoms in total. The van der Waals surface area contributed by atoms with Gasteiger partial charge in [-0.1, -0.05) is 48.5 Å². The first kappa shape index (κ1) is 24.3. The first-order valence-corrected chi connectivity index (χ1v) is 10.7. The topological polar surface area (TPSA) is 116 Å². The van der Waals surface area contributed by atoms with Crippen LogP contribution in [0.1, 0.15) is 41.6 Å². The maximum absolute atomic E-state index is 12.5. The molecule has 4 rings (SSSR count). The van der Waals surface area contributed by atoms with Crippen LogP contribution < -0.4 is 16.2 Å². The smallest absolute Gasteiger partial charge is 0.226 e. The van der Waals surface area contributed by atoms with Gasteiger partial charge in [0.15, 0.2) is 11.4 Å². The number of hydrogen-bond donors (Lipinski definition) is 2. The first-order chi connectivity index (χ1) is 15.6. The Labute approximate surface area is 199 Å². The van der Waals surface area contributed by atoms with E-state index in [4.69, 9.17) is 21.0 Å². The first-order valence-electron chi connectivity index (χ1n) is 10.7. The van der Waals surface area contributed by atoms with Gasteiger partial charge >= 0.3 is 0 Å². The van der Waals surface area contributed by atoms with Crippen LogP contribution in [-0.2, 0) is 4.84 Å². The molecule has 1 heterocycles. The minimum absolute atomic E-state index is 0. The molecule has 1 fully saturated rings.